The van der Waals surface area contributed by atoms with Crippen molar-refractivity contribution in [3.8, 4) is 11.5 Å². The minimum atomic E-state index is -0.757. The average molecular weight is 487 g/mol. The number of hydrogen-bond donors (Lipinski definition) is 2. The zero-order chi connectivity index (χ0) is 24.9. The van der Waals surface area contributed by atoms with Gasteiger partial charge in [0.2, 0.25) is 18.1 Å². The van der Waals surface area contributed by atoms with Crippen LogP contribution in [0.2, 0.25) is 0 Å². The standard InChI is InChI=1S/C25H34N4O6/c1-4-29-14-18(23(30)17-12-20-21(13-19(17)29)35-15-34-20)24(31)27-22(16(2)3)25(32)26-6-5-7-28-8-10-33-11-9-28/h12-14,16,22H,4-11,15H2,1-3H3,(H,26,32)(H,27,31)/t22-/m1/s1. The number of pyridine rings is 1. The van der Waals surface area contributed by atoms with Crippen LogP contribution in [0.4, 0.5) is 0 Å². The second-order valence-electron chi connectivity index (χ2n) is 9.17. The number of ether oxygens (including phenoxy) is 3. The van der Waals surface area contributed by atoms with Gasteiger partial charge in [0, 0.05) is 38.4 Å². The molecule has 1 fully saturated rings. The minimum absolute atomic E-state index is 0.0102. The summed E-state index contributed by atoms with van der Waals surface area (Å²) < 4.78 is 18.0. The summed E-state index contributed by atoms with van der Waals surface area (Å²) in [6, 6.07) is 2.61. The molecule has 1 aromatic heterocycles. The number of carbonyl (C=O) groups is 2. The van der Waals surface area contributed by atoms with Gasteiger partial charge in [0.25, 0.3) is 5.91 Å². The van der Waals surface area contributed by atoms with Crippen molar-refractivity contribution in [2.75, 3.05) is 46.2 Å². The van der Waals surface area contributed by atoms with Crippen molar-refractivity contribution in [1.29, 1.82) is 0 Å². The normalized spacial score (nSPS) is 16.5. The van der Waals surface area contributed by atoms with Gasteiger partial charge in [0.05, 0.1) is 24.1 Å². The second kappa shape index (κ2) is 11.1. The smallest absolute Gasteiger partial charge is 0.257 e. The van der Waals surface area contributed by atoms with Crippen LogP contribution in [0.25, 0.3) is 10.9 Å². The molecule has 2 amide bonds. The Balaban J connectivity index is 1.45. The molecule has 1 saturated heterocycles. The van der Waals surface area contributed by atoms with Crippen molar-refractivity contribution in [2.24, 2.45) is 5.92 Å². The van der Waals surface area contributed by atoms with Crippen molar-refractivity contribution in [3.63, 3.8) is 0 Å². The lowest BCUT2D eigenvalue weighted by Crippen LogP contribution is -2.50. The Kier molecular flexibility index (Phi) is 7.92. The van der Waals surface area contributed by atoms with Crippen molar-refractivity contribution in [2.45, 2.75) is 39.8 Å². The molecule has 0 aliphatic carbocycles. The van der Waals surface area contributed by atoms with Crippen molar-refractivity contribution in [3.05, 3.63) is 34.1 Å². The van der Waals surface area contributed by atoms with E-state index in [0.29, 0.717) is 35.5 Å². The number of carbonyl (C=O) groups excluding carboxylic acids is 2. The summed E-state index contributed by atoms with van der Waals surface area (Å²) in [6.45, 7) is 11.0. The quantitative estimate of drug-likeness (QED) is 0.515. The van der Waals surface area contributed by atoms with E-state index in [1.807, 2.05) is 25.3 Å². The highest BCUT2D eigenvalue weighted by Crippen LogP contribution is 2.35. The molecule has 10 nitrogen and oxygen atoms in total. The number of nitrogens with one attached hydrogen (secondary N) is 2. The largest absolute Gasteiger partial charge is 0.454 e. The summed E-state index contributed by atoms with van der Waals surface area (Å²) in [6.07, 6.45) is 2.35. The van der Waals surface area contributed by atoms with E-state index in [0.717, 1.165) is 39.3 Å². The van der Waals surface area contributed by atoms with E-state index >= 15 is 0 Å². The van der Waals surface area contributed by atoms with Crippen LogP contribution < -0.4 is 25.5 Å². The van der Waals surface area contributed by atoms with E-state index in [1.165, 1.54) is 0 Å². The highest BCUT2D eigenvalue weighted by Gasteiger charge is 2.27. The molecular formula is C25H34N4O6. The second-order valence-corrected chi connectivity index (χ2v) is 9.17. The Morgan fingerprint density at radius 2 is 1.83 bits per heavy atom. The lowest BCUT2D eigenvalue weighted by molar-refractivity contribution is -0.123. The molecule has 0 bridgehead atoms. The molecule has 2 aliphatic heterocycles. The van der Waals surface area contributed by atoms with Gasteiger partial charge in [-0.25, -0.2) is 0 Å². The molecule has 4 rings (SSSR count). The van der Waals surface area contributed by atoms with Gasteiger partial charge in [-0.05, 0) is 31.9 Å². The first kappa shape index (κ1) is 25.0. The van der Waals surface area contributed by atoms with Gasteiger partial charge in [-0.15, -0.1) is 0 Å². The number of amides is 2. The van der Waals surface area contributed by atoms with Crippen molar-refractivity contribution in [1.82, 2.24) is 20.1 Å². The van der Waals surface area contributed by atoms with E-state index in [-0.39, 0.29) is 24.2 Å². The third kappa shape index (κ3) is 5.59. The Morgan fingerprint density at radius 3 is 2.51 bits per heavy atom. The summed E-state index contributed by atoms with van der Waals surface area (Å²) >= 11 is 0. The van der Waals surface area contributed by atoms with Gasteiger partial charge in [-0.2, -0.15) is 0 Å². The summed E-state index contributed by atoms with van der Waals surface area (Å²) in [7, 11) is 0. The molecule has 1 atom stereocenters. The van der Waals surface area contributed by atoms with E-state index in [9.17, 15) is 14.4 Å². The van der Waals surface area contributed by atoms with Crippen LogP contribution in [0.15, 0.2) is 23.1 Å². The highest BCUT2D eigenvalue weighted by atomic mass is 16.7. The molecule has 2 aliphatic rings. The van der Waals surface area contributed by atoms with Crippen molar-refractivity contribution < 1.29 is 23.8 Å². The molecule has 0 spiro atoms. The molecule has 2 aromatic rings. The molecule has 190 valence electrons. The van der Waals surface area contributed by atoms with Crippen LogP contribution in [0, 0.1) is 5.92 Å². The van der Waals surface area contributed by atoms with Crippen LogP contribution in [0.5, 0.6) is 11.5 Å². The van der Waals surface area contributed by atoms with Gasteiger partial charge in [-0.1, -0.05) is 13.8 Å². The van der Waals surface area contributed by atoms with Gasteiger partial charge < -0.3 is 29.4 Å². The van der Waals surface area contributed by atoms with Crippen LogP contribution in [0.3, 0.4) is 0 Å². The summed E-state index contributed by atoms with van der Waals surface area (Å²) in [5.41, 5.74) is 0.245. The maximum absolute atomic E-state index is 13.2. The Hall–Kier alpha value is -3.11. The predicted octanol–water partition coefficient (Wildman–Crippen LogP) is 1.34. The zero-order valence-electron chi connectivity index (χ0n) is 20.6. The molecule has 0 radical (unpaired) electrons. The third-order valence-corrected chi connectivity index (χ3v) is 6.45. The van der Waals surface area contributed by atoms with Gasteiger partial charge >= 0.3 is 0 Å². The number of fused-ring (bicyclic) bond motifs is 2. The molecule has 35 heavy (non-hydrogen) atoms. The fourth-order valence-corrected chi connectivity index (χ4v) is 4.41. The first-order valence-corrected chi connectivity index (χ1v) is 12.2. The molecule has 1 aromatic carbocycles. The van der Waals surface area contributed by atoms with Crippen LogP contribution in [0.1, 0.15) is 37.6 Å². The molecule has 0 unspecified atom stereocenters. The molecular weight excluding hydrogens is 452 g/mol. The summed E-state index contributed by atoms with van der Waals surface area (Å²) in [5.74, 6) is 0.0721. The van der Waals surface area contributed by atoms with E-state index in [1.54, 1.807) is 18.3 Å². The Morgan fingerprint density at radius 1 is 1.11 bits per heavy atom. The Bertz CT molecular complexity index is 1140. The van der Waals surface area contributed by atoms with E-state index in [2.05, 4.69) is 15.5 Å². The van der Waals surface area contributed by atoms with E-state index < -0.39 is 17.4 Å². The first-order chi connectivity index (χ1) is 16.9. The number of morpholine rings is 1. The molecule has 3 heterocycles. The topological polar surface area (TPSA) is 111 Å². The van der Waals surface area contributed by atoms with E-state index in [4.69, 9.17) is 14.2 Å². The summed E-state index contributed by atoms with van der Waals surface area (Å²) in [4.78, 5) is 41.6. The lowest BCUT2D eigenvalue weighted by Gasteiger charge is -2.26. The monoisotopic (exact) mass is 486 g/mol. The lowest BCUT2D eigenvalue weighted by atomic mass is 10.0. The highest BCUT2D eigenvalue weighted by molar-refractivity contribution is 6.00. The predicted molar refractivity (Wildman–Crippen MR) is 131 cm³/mol. The molecule has 10 heteroatoms. The van der Waals surface area contributed by atoms with Gasteiger partial charge in [-0.3, -0.25) is 19.3 Å². The fraction of sp³-hybridized carbons (Fsp3) is 0.560. The van der Waals surface area contributed by atoms with Crippen LogP contribution in [-0.2, 0) is 16.1 Å². The molecule has 2 N–H and O–H groups in total. The molecule has 0 saturated carbocycles. The zero-order valence-corrected chi connectivity index (χ0v) is 20.6. The number of aromatic nitrogens is 1. The maximum Gasteiger partial charge on any atom is 0.257 e. The minimum Gasteiger partial charge on any atom is -0.454 e. The average Bonchev–Trinajstić information content (AvgIpc) is 3.32. The van der Waals surface area contributed by atoms with Crippen LogP contribution in [-0.4, -0.2) is 73.5 Å². The van der Waals surface area contributed by atoms with Crippen LogP contribution >= 0.6 is 0 Å². The number of nitrogens with zero attached hydrogens (tertiary/aromatic N) is 2. The number of hydrogen-bond acceptors (Lipinski definition) is 7. The first-order valence-electron chi connectivity index (χ1n) is 12.2. The number of rotatable bonds is 9. The maximum atomic E-state index is 13.2. The van der Waals surface area contributed by atoms with Crippen molar-refractivity contribution >= 4 is 22.7 Å². The third-order valence-electron chi connectivity index (χ3n) is 6.45. The van der Waals surface area contributed by atoms with Gasteiger partial charge in [0.15, 0.2) is 11.5 Å². The number of benzene rings is 1. The summed E-state index contributed by atoms with van der Waals surface area (Å²) in [5, 5.41) is 6.09. The fourth-order valence-electron chi connectivity index (χ4n) is 4.41. The van der Waals surface area contributed by atoms with Gasteiger partial charge in [0.1, 0.15) is 11.6 Å². The number of aryl methyl sites for hydroxylation is 1. The Labute approximate surface area is 204 Å². The SMILES string of the molecule is CCn1cc(C(=O)N[C@@H](C(=O)NCCCN2CCOCC2)C(C)C)c(=O)c2cc3c(cc21)OCO3.